The van der Waals surface area contributed by atoms with Crippen LogP contribution in [0.15, 0.2) is 55.5 Å². The molecule has 3 atom stereocenters. The lowest BCUT2D eigenvalue weighted by Crippen LogP contribution is -2.36. The van der Waals surface area contributed by atoms with Crippen molar-refractivity contribution in [3.05, 3.63) is 55.5 Å². The third-order valence-corrected chi connectivity index (χ3v) is 14.8. The first-order valence-corrected chi connectivity index (χ1v) is 34.4. The van der Waals surface area contributed by atoms with E-state index in [4.69, 9.17) is 18.9 Å². The molecule has 0 rings (SSSR count). The second-order valence-electron chi connectivity index (χ2n) is 22.8. The van der Waals surface area contributed by atoms with Gasteiger partial charge in [0.2, 0.25) is 0 Å². The van der Waals surface area contributed by atoms with E-state index in [9.17, 15) is 28.8 Å². The molecule has 0 radical (unpaired) electrons. The summed E-state index contributed by atoms with van der Waals surface area (Å²) < 4.78 is 22.4. The van der Waals surface area contributed by atoms with Crippen LogP contribution in [0.3, 0.4) is 0 Å². The monoisotopic (exact) mass is 1220 g/mol. The molecule has 0 bridgehead atoms. The van der Waals surface area contributed by atoms with Crippen LogP contribution in [0.1, 0.15) is 329 Å². The average Bonchev–Trinajstić information content (AvgIpc) is 3.53. The van der Waals surface area contributed by atoms with Crippen LogP contribution in [-0.4, -0.2) is 85.7 Å². The SMILES string of the molecule is C.C.C=C=C(CN(CC(=O)C=C)CC(=O)OCCCCCCCC)OCCCCCCCC.C=CC(=O)C[C@H](CC)C[C@@H](CC)OC(=O)CC(CCC(=O)/C=C\CCCCCCCC)CC(=O)OCCCCCCCC.CC.CCCC(C)CCC. The first kappa shape index (κ1) is 93.1. The number of ketones is 3. The van der Waals surface area contributed by atoms with Gasteiger partial charge in [0, 0.05) is 25.7 Å². The zero-order valence-corrected chi connectivity index (χ0v) is 56.7. The van der Waals surface area contributed by atoms with Crippen LogP contribution in [0.4, 0.5) is 0 Å². The lowest BCUT2D eigenvalue weighted by molar-refractivity contribution is -0.152. The highest BCUT2D eigenvalue weighted by molar-refractivity contribution is 5.91. The summed E-state index contributed by atoms with van der Waals surface area (Å²) >= 11 is 0. The fourth-order valence-corrected chi connectivity index (χ4v) is 9.54. The van der Waals surface area contributed by atoms with Crippen molar-refractivity contribution in [2.45, 2.75) is 335 Å². The van der Waals surface area contributed by atoms with Gasteiger partial charge in [0.15, 0.2) is 23.1 Å². The standard InChI is InChI=1S/C37H64O6.C26H45NO4.C8H18.C2H6.2CH4/c1-6-11-13-15-17-18-19-21-23-34(39)25-24-32(29-36(40)42-26-22-20-16-14-12-7-2)30-37(41)43-35(10-5)28-31(8-3)27-33(38)9-4;1-5-9-11-13-15-17-19-30-25(8-4)22-27(21-24(28)7-3)23-26(29)31-20-18-16-14-12-10-6-2;1-4-6-8(3)7-5-2;1-2;;/h9,21,23,31-32,35H,4,6-8,10-20,22,24-30H2,1-3,5H3;7H,3-6,9-23H2,1-2H3;8H,4-7H2,1-3H3;1-2H3;2*1H4/b23-21-;;;;;/t31-,32?,35+;;;;;/m0...../s1. The normalized spacial score (nSPS) is 11.5. The molecule has 0 spiro atoms. The maximum atomic E-state index is 13.0. The van der Waals surface area contributed by atoms with Crippen molar-refractivity contribution in [2.75, 3.05) is 39.5 Å². The molecule has 0 amide bonds. The van der Waals surface area contributed by atoms with Gasteiger partial charge in [-0.15, -0.1) is 0 Å². The molecule has 11 nitrogen and oxygen atoms in total. The molecule has 11 heteroatoms. The number of ether oxygens (including phenoxy) is 4. The van der Waals surface area contributed by atoms with Gasteiger partial charge < -0.3 is 18.9 Å². The maximum Gasteiger partial charge on any atom is 0.320 e. The predicted octanol–water partition coefficient (Wildman–Crippen LogP) is 21.3. The summed E-state index contributed by atoms with van der Waals surface area (Å²) in [5.74, 6) is 0.174. The Morgan fingerprint density at radius 3 is 1.35 bits per heavy atom. The van der Waals surface area contributed by atoms with Crippen LogP contribution in [0.5, 0.6) is 0 Å². The van der Waals surface area contributed by atoms with Gasteiger partial charge in [0.25, 0.3) is 0 Å². The largest absolute Gasteiger partial charge is 0.489 e. The Hall–Kier alpha value is -4.08. The van der Waals surface area contributed by atoms with E-state index in [0.29, 0.717) is 57.8 Å². The zero-order valence-electron chi connectivity index (χ0n) is 56.7. The lowest BCUT2D eigenvalue weighted by atomic mass is 9.92. The Morgan fingerprint density at radius 2 is 0.907 bits per heavy atom. The van der Waals surface area contributed by atoms with Gasteiger partial charge in [-0.2, -0.15) is 0 Å². The number of hydrogen-bond acceptors (Lipinski definition) is 11. The van der Waals surface area contributed by atoms with Crippen molar-refractivity contribution in [2.24, 2.45) is 17.8 Å². The van der Waals surface area contributed by atoms with Crippen LogP contribution in [0, 0.1) is 17.8 Å². The van der Waals surface area contributed by atoms with Crippen LogP contribution in [0.2, 0.25) is 0 Å². The number of unbranched alkanes of at least 4 members (excludes halogenated alkanes) is 21. The number of allylic oxidation sites excluding steroid dienone is 3. The molecule has 0 aliphatic rings. The topological polar surface area (TPSA) is 143 Å². The molecule has 0 aliphatic carbocycles. The summed E-state index contributed by atoms with van der Waals surface area (Å²) in [6, 6.07) is 0. The van der Waals surface area contributed by atoms with Crippen molar-refractivity contribution >= 4 is 35.3 Å². The Balaban J connectivity index is -0.000000325. The van der Waals surface area contributed by atoms with Crippen molar-refractivity contribution in [3.8, 4) is 0 Å². The first-order valence-electron chi connectivity index (χ1n) is 34.4. The number of hydrogen-bond donors (Lipinski definition) is 0. The number of carbonyl (C=O) groups excluding carboxylic acids is 6. The van der Waals surface area contributed by atoms with Gasteiger partial charge >= 0.3 is 17.9 Å². The summed E-state index contributed by atoms with van der Waals surface area (Å²) in [7, 11) is 0. The highest BCUT2D eigenvalue weighted by atomic mass is 16.5. The van der Waals surface area contributed by atoms with E-state index in [1.54, 1.807) is 11.0 Å². The third-order valence-electron chi connectivity index (χ3n) is 14.8. The van der Waals surface area contributed by atoms with E-state index in [-0.39, 0.29) is 100 Å². The molecule has 0 aliphatic heterocycles. The van der Waals surface area contributed by atoms with Crippen LogP contribution in [0.25, 0.3) is 0 Å². The molecule has 0 fully saturated rings. The number of esters is 3. The lowest BCUT2D eigenvalue weighted by Gasteiger charge is -2.23. The van der Waals surface area contributed by atoms with Crippen LogP contribution in [-0.2, 0) is 47.7 Å². The van der Waals surface area contributed by atoms with E-state index in [1.807, 2.05) is 33.8 Å². The van der Waals surface area contributed by atoms with Gasteiger partial charge in [0.05, 0.1) is 39.5 Å². The number of carbonyl (C=O) groups is 6. The molecule has 0 heterocycles. The summed E-state index contributed by atoms with van der Waals surface area (Å²) in [6.07, 6.45) is 43.6. The van der Waals surface area contributed by atoms with Crippen LogP contribution >= 0.6 is 0 Å². The van der Waals surface area contributed by atoms with Crippen molar-refractivity contribution < 1.29 is 47.7 Å². The molecule has 0 N–H and O–H groups in total. The highest BCUT2D eigenvalue weighted by Crippen LogP contribution is 2.24. The van der Waals surface area contributed by atoms with Crippen LogP contribution < -0.4 is 0 Å². The van der Waals surface area contributed by atoms with E-state index >= 15 is 0 Å². The minimum atomic E-state index is -0.364. The number of rotatable bonds is 56. The van der Waals surface area contributed by atoms with E-state index in [0.717, 1.165) is 70.1 Å². The first-order chi connectivity index (χ1) is 40.7. The smallest absolute Gasteiger partial charge is 0.320 e. The van der Waals surface area contributed by atoms with E-state index < -0.39 is 0 Å². The van der Waals surface area contributed by atoms with Gasteiger partial charge in [-0.1, -0.05) is 283 Å². The van der Waals surface area contributed by atoms with Crippen molar-refractivity contribution in [1.82, 2.24) is 4.90 Å². The van der Waals surface area contributed by atoms with Crippen molar-refractivity contribution in [1.29, 1.82) is 0 Å². The quantitative estimate of drug-likeness (QED) is 0.0143. The van der Waals surface area contributed by atoms with Gasteiger partial charge in [0.1, 0.15) is 6.10 Å². The summed E-state index contributed by atoms with van der Waals surface area (Å²) in [6.45, 7) is 36.2. The molecular weight excluding hydrogens is 1070 g/mol. The van der Waals surface area contributed by atoms with E-state index in [1.165, 1.54) is 141 Å². The van der Waals surface area contributed by atoms with Gasteiger partial charge in [-0.3, -0.25) is 33.7 Å². The Kier molecular flexibility index (Phi) is 79.4. The summed E-state index contributed by atoms with van der Waals surface area (Å²) in [5.41, 5.74) is 2.80. The predicted molar refractivity (Wildman–Crippen MR) is 369 cm³/mol. The highest BCUT2D eigenvalue weighted by Gasteiger charge is 2.24. The second kappa shape index (κ2) is 73.4. The van der Waals surface area contributed by atoms with Crippen molar-refractivity contribution in [3.63, 3.8) is 0 Å². The fraction of sp³-hybridized carbons (Fsp3) is 0.800. The van der Waals surface area contributed by atoms with E-state index in [2.05, 4.69) is 73.9 Å². The molecular formula is C75H141NO10. The average molecular weight is 1220 g/mol. The molecule has 0 aromatic heterocycles. The Bertz CT molecular complexity index is 1660. The maximum absolute atomic E-state index is 13.0. The molecule has 0 aromatic rings. The molecule has 506 valence electrons. The third kappa shape index (κ3) is 67.4. The fourth-order valence-electron chi connectivity index (χ4n) is 9.54. The summed E-state index contributed by atoms with van der Waals surface area (Å²) in [5, 5.41) is 0. The molecule has 0 saturated carbocycles. The zero-order chi connectivity index (χ0) is 63.7. The minimum Gasteiger partial charge on any atom is -0.489 e. The Morgan fingerprint density at radius 1 is 0.465 bits per heavy atom. The minimum absolute atomic E-state index is 0. The molecule has 0 aromatic carbocycles. The molecule has 1 unspecified atom stereocenters. The Labute approximate surface area is 533 Å². The van der Waals surface area contributed by atoms with Gasteiger partial charge in [-0.05, 0) is 87.3 Å². The molecule has 0 saturated heterocycles. The summed E-state index contributed by atoms with van der Waals surface area (Å²) in [4.78, 5) is 75.8. The molecule has 86 heavy (non-hydrogen) atoms. The second-order valence-corrected chi connectivity index (χ2v) is 22.8. The number of nitrogens with zero attached hydrogens (tertiary/aromatic N) is 1. The van der Waals surface area contributed by atoms with Gasteiger partial charge in [-0.25, -0.2) is 0 Å².